The van der Waals surface area contributed by atoms with Crippen LogP contribution >= 0.6 is 11.3 Å². The van der Waals surface area contributed by atoms with Crippen LogP contribution in [0.5, 0.6) is 0 Å². The van der Waals surface area contributed by atoms with Gasteiger partial charge >= 0.3 is 0 Å². The number of nitrogens with zero attached hydrogens (tertiary/aromatic N) is 2. The molecule has 0 radical (unpaired) electrons. The first kappa shape index (κ1) is 12.4. The van der Waals surface area contributed by atoms with Crippen LogP contribution in [0.1, 0.15) is 35.4 Å². The van der Waals surface area contributed by atoms with Crippen molar-refractivity contribution >= 4 is 11.3 Å². The summed E-state index contributed by atoms with van der Waals surface area (Å²) in [6.45, 7) is 4.14. The van der Waals surface area contributed by atoms with E-state index >= 15 is 0 Å². The summed E-state index contributed by atoms with van der Waals surface area (Å²) in [7, 11) is 0. The van der Waals surface area contributed by atoms with E-state index in [1.54, 1.807) is 11.3 Å². The Labute approximate surface area is 117 Å². The maximum atomic E-state index is 9.48. The average Bonchev–Trinajstić information content (AvgIpc) is 2.72. The molecule has 0 atom stereocenters. The number of aromatic nitrogens is 1. The molecule has 2 aromatic rings. The van der Waals surface area contributed by atoms with E-state index < -0.39 is 0 Å². The maximum absolute atomic E-state index is 9.48. The van der Waals surface area contributed by atoms with Crippen LogP contribution in [0, 0.1) is 25.2 Å². The third-order valence-electron chi connectivity index (χ3n) is 4.03. The summed E-state index contributed by atoms with van der Waals surface area (Å²) < 4.78 is 0. The fourth-order valence-electron chi connectivity index (χ4n) is 2.69. The molecule has 0 aliphatic heterocycles. The van der Waals surface area contributed by atoms with Crippen LogP contribution in [0.4, 0.5) is 0 Å². The Balaban J connectivity index is 2.08. The second kappa shape index (κ2) is 4.47. The fraction of sp³-hybridized carbons (Fsp3) is 0.375. The van der Waals surface area contributed by atoms with Gasteiger partial charge < -0.3 is 0 Å². The lowest BCUT2D eigenvalue weighted by Crippen LogP contribution is -2.31. The zero-order valence-electron chi connectivity index (χ0n) is 11.2. The standard InChI is InChI=1S/C16H16N2S/c1-11-6-3-4-7-13(11)15-18-12(2)14(19-15)16(10-17)8-5-9-16/h3-4,6-7H,5,8-9H2,1-2H3. The number of benzene rings is 1. The number of rotatable bonds is 2. The molecule has 2 nitrogen and oxygen atoms in total. The summed E-state index contributed by atoms with van der Waals surface area (Å²) in [5.74, 6) is 0. The first-order valence-electron chi connectivity index (χ1n) is 6.61. The second-order valence-corrected chi connectivity index (χ2v) is 6.30. The van der Waals surface area contributed by atoms with E-state index in [-0.39, 0.29) is 5.41 Å². The van der Waals surface area contributed by atoms with Crippen molar-refractivity contribution in [2.24, 2.45) is 0 Å². The van der Waals surface area contributed by atoms with Crippen molar-refractivity contribution in [1.82, 2.24) is 4.98 Å². The van der Waals surface area contributed by atoms with Gasteiger partial charge in [0.05, 0.1) is 17.2 Å². The van der Waals surface area contributed by atoms with Crippen molar-refractivity contribution in [2.75, 3.05) is 0 Å². The van der Waals surface area contributed by atoms with Crippen LogP contribution in [0.25, 0.3) is 10.6 Å². The Morgan fingerprint density at radius 3 is 2.58 bits per heavy atom. The van der Waals surface area contributed by atoms with Crippen LogP contribution in [0.3, 0.4) is 0 Å². The van der Waals surface area contributed by atoms with Crippen LogP contribution in [0.15, 0.2) is 24.3 Å². The number of thiazole rings is 1. The number of nitriles is 1. The molecule has 1 saturated carbocycles. The van der Waals surface area contributed by atoms with Crippen LogP contribution in [-0.4, -0.2) is 4.98 Å². The molecule has 96 valence electrons. The lowest BCUT2D eigenvalue weighted by atomic mass is 9.68. The van der Waals surface area contributed by atoms with Gasteiger partial charge in [-0.15, -0.1) is 11.3 Å². The van der Waals surface area contributed by atoms with Crippen LogP contribution in [0.2, 0.25) is 0 Å². The minimum atomic E-state index is -0.247. The van der Waals surface area contributed by atoms with E-state index in [4.69, 9.17) is 4.98 Å². The predicted molar refractivity (Wildman–Crippen MR) is 78.2 cm³/mol. The van der Waals surface area contributed by atoms with Gasteiger partial charge in [0.25, 0.3) is 0 Å². The van der Waals surface area contributed by atoms with Crippen molar-refractivity contribution < 1.29 is 0 Å². The first-order chi connectivity index (χ1) is 9.16. The van der Waals surface area contributed by atoms with Crippen molar-refractivity contribution in [3.8, 4) is 16.6 Å². The summed E-state index contributed by atoms with van der Waals surface area (Å²) in [5, 5.41) is 10.5. The maximum Gasteiger partial charge on any atom is 0.124 e. The van der Waals surface area contributed by atoms with Crippen LogP contribution < -0.4 is 0 Å². The van der Waals surface area contributed by atoms with Crippen molar-refractivity contribution in [1.29, 1.82) is 5.26 Å². The monoisotopic (exact) mass is 268 g/mol. The molecule has 0 unspecified atom stereocenters. The van der Waals surface area contributed by atoms with Gasteiger partial charge in [0.1, 0.15) is 5.01 Å². The minimum absolute atomic E-state index is 0.247. The molecular weight excluding hydrogens is 252 g/mol. The smallest absolute Gasteiger partial charge is 0.124 e. The highest BCUT2D eigenvalue weighted by Crippen LogP contribution is 2.48. The SMILES string of the molecule is Cc1ccccc1-c1nc(C)c(C2(C#N)CCC2)s1. The molecule has 1 aliphatic carbocycles. The normalized spacial score (nSPS) is 16.7. The Kier molecular flexibility index (Phi) is 2.91. The summed E-state index contributed by atoms with van der Waals surface area (Å²) in [5.41, 5.74) is 3.21. The molecule has 19 heavy (non-hydrogen) atoms. The summed E-state index contributed by atoms with van der Waals surface area (Å²) in [6, 6.07) is 10.8. The number of hydrogen-bond donors (Lipinski definition) is 0. The van der Waals surface area contributed by atoms with Gasteiger partial charge in [0.15, 0.2) is 0 Å². The van der Waals surface area contributed by atoms with E-state index in [0.717, 1.165) is 30.0 Å². The second-order valence-electron chi connectivity index (χ2n) is 5.30. The first-order valence-corrected chi connectivity index (χ1v) is 7.43. The van der Waals surface area contributed by atoms with Gasteiger partial charge in [0.2, 0.25) is 0 Å². The van der Waals surface area contributed by atoms with Crippen molar-refractivity contribution in [2.45, 2.75) is 38.5 Å². The van der Waals surface area contributed by atoms with Crippen molar-refractivity contribution in [3.05, 3.63) is 40.4 Å². The Morgan fingerprint density at radius 2 is 2.00 bits per heavy atom. The highest BCUT2D eigenvalue weighted by molar-refractivity contribution is 7.15. The molecule has 1 fully saturated rings. The number of hydrogen-bond acceptors (Lipinski definition) is 3. The van der Waals surface area contributed by atoms with E-state index in [1.807, 2.05) is 19.1 Å². The molecule has 1 aromatic heterocycles. The lowest BCUT2D eigenvalue weighted by molar-refractivity contribution is 0.328. The van der Waals surface area contributed by atoms with Gasteiger partial charge in [-0.25, -0.2) is 4.98 Å². The third kappa shape index (κ3) is 1.87. The predicted octanol–water partition coefficient (Wildman–Crippen LogP) is 4.37. The molecular formula is C16H16N2S. The average molecular weight is 268 g/mol. The molecule has 0 spiro atoms. The van der Waals surface area contributed by atoms with Gasteiger partial charge in [-0.3, -0.25) is 0 Å². The molecule has 0 bridgehead atoms. The van der Waals surface area contributed by atoms with E-state index in [1.165, 1.54) is 16.0 Å². The largest absolute Gasteiger partial charge is 0.241 e. The fourth-order valence-corrected chi connectivity index (χ4v) is 4.04. The van der Waals surface area contributed by atoms with E-state index in [0.29, 0.717) is 0 Å². The molecule has 0 saturated heterocycles. The number of aryl methyl sites for hydroxylation is 2. The summed E-state index contributed by atoms with van der Waals surface area (Å²) in [4.78, 5) is 5.89. The van der Waals surface area contributed by atoms with Gasteiger partial charge in [-0.05, 0) is 38.7 Å². The summed E-state index contributed by atoms with van der Waals surface area (Å²) >= 11 is 1.70. The molecule has 3 heteroatoms. The van der Waals surface area contributed by atoms with E-state index in [2.05, 4.69) is 25.1 Å². The van der Waals surface area contributed by atoms with Gasteiger partial charge in [0, 0.05) is 10.4 Å². The summed E-state index contributed by atoms with van der Waals surface area (Å²) in [6.07, 6.45) is 3.13. The highest BCUT2D eigenvalue weighted by atomic mass is 32.1. The minimum Gasteiger partial charge on any atom is -0.241 e. The quantitative estimate of drug-likeness (QED) is 0.810. The molecule has 1 aromatic carbocycles. The van der Waals surface area contributed by atoms with Crippen LogP contribution in [-0.2, 0) is 5.41 Å². The van der Waals surface area contributed by atoms with E-state index in [9.17, 15) is 5.26 Å². The zero-order valence-corrected chi connectivity index (χ0v) is 12.0. The Bertz CT molecular complexity index is 660. The Hall–Kier alpha value is -1.66. The highest BCUT2D eigenvalue weighted by Gasteiger charge is 2.42. The lowest BCUT2D eigenvalue weighted by Gasteiger charge is -2.34. The Morgan fingerprint density at radius 1 is 1.26 bits per heavy atom. The van der Waals surface area contributed by atoms with Gasteiger partial charge in [-0.1, -0.05) is 24.3 Å². The molecule has 0 N–H and O–H groups in total. The van der Waals surface area contributed by atoms with Crippen molar-refractivity contribution in [3.63, 3.8) is 0 Å². The van der Waals surface area contributed by atoms with Gasteiger partial charge in [-0.2, -0.15) is 5.26 Å². The molecule has 1 heterocycles. The third-order valence-corrected chi connectivity index (χ3v) is 5.42. The zero-order chi connectivity index (χ0) is 13.5. The molecule has 1 aliphatic rings. The molecule has 3 rings (SSSR count). The topological polar surface area (TPSA) is 36.7 Å². The molecule has 0 amide bonds.